The summed E-state index contributed by atoms with van der Waals surface area (Å²) in [5.74, 6) is -0.622. The second-order valence-electron chi connectivity index (χ2n) is 7.18. The lowest BCUT2D eigenvalue weighted by Gasteiger charge is -2.32. The van der Waals surface area contributed by atoms with E-state index in [0.717, 1.165) is 6.26 Å². The maximum Gasteiger partial charge on any atom is 0.339 e. The van der Waals surface area contributed by atoms with Gasteiger partial charge in [-0.2, -0.15) is 4.31 Å². The van der Waals surface area contributed by atoms with Crippen molar-refractivity contribution in [3.05, 3.63) is 17.8 Å². The second kappa shape index (κ2) is 9.14. The normalized spacial score (nSPS) is 21.9. The SMILES string of the molecule is COC(=O)c1cnc(NC2CCCN(S(C)(=O)=O)C2)c(S(=O)(=O)N2CCOCC2)c1. The van der Waals surface area contributed by atoms with E-state index in [1.807, 2.05) is 0 Å². The van der Waals surface area contributed by atoms with Gasteiger partial charge in [0.05, 0.1) is 32.1 Å². The number of esters is 1. The summed E-state index contributed by atoms with van der Waals surface area (Å²) in [4.78, 5) is 16.0. The third kappa shape index (κ3) is 5.09. The predicted molar refractivity (Wildman–Crippen MR) is 108 cm³/mol. The van der Waals surface area contributed by atoms with Crippen molar-refractivity contribution in [2.24, 2.45) is 0 Å². The standard InChI is InChI=1S/C17H26N4O7S2/c1-27-17(22)13-10-15(30(25,26)20-6-8-28-9-7-20)16(18-11-13)19-14-4-3-5-21(12-14)29(2,23)24/h10-11,14H,3-9,12H2,1-2H3,(H,18,19). The molecule has 2 fully saturated rings. The van der Waals surface area contributed by atoms with Gasteiger partial charge in [0.2, 0.25) is 20.0 Å². The molecule has 0 spiro atoms. The highest BCUT2D eigenvalue weighted by Gasteiger charge is 2.32. The fourth-order valence-electron chi connectivity index (χ4n) is 3.46. The molecule has 2 saturated heterocycles. The molecule has 0 amide bonds. The van der Waals surface area contributed by atoms with Crippen molar-refractivity contribution in [3.63, 3.8) is 0 Å². The van der Waals surface area contributed by atoms with Crippen LogP contribution in [0.4, 0.5) is 5.82 Å². The maximum atomic E-state index is 13.3. The fourth-order valence-corrected chi connectivity index (χ4v) is 5.91. The minimum absolute atomic E-state index is 0.0105. The molecule has 1 unspecified atom stereocenters. The van der Waals surface area contributed by atoms with Crippen molar-refractivity contribution < 1.29 is 31.1 Å². The third-order valence-corrected chi connectivity index (χ3v) is 8.24. The van der Waals surface area contributed by atoms with E-state index in [-0.39, 0.29) is 55.2 Å². The molecule has 2 aliphatic rings. The molecule has 0 radical (unpaired) electrons. The smallest absolute Gasteiger partial charge is 0.339 e. The number of aromatic nitrogens is 1. The highest BCUT2D eigenvalue weighted by Crippen LogP contribution is 2.27. The monoisotopic (exact) mass is 462 g/mol. The van der Waals surface area contributed by atoms with Crippen LogP contribution in [0, 0.1) is 0 Å². The number of rotatable bonds is 6. The second-order valence-corrected chi connectivity index (χ2v) is 11.1. The van der Waals surface area contributed by atoms with E-state index >= 15 is 0 Å². The van der Waals surface area contributed by atoms with Crippen LogP contribution >= 0.6 is 0 Å². The quantitative estimate of drug-likeness (QED) is 0.566. The van der Waals surface area contributed by atoms with Gasteiger partial charge in [0, 0.05) is 38.4 Å². The van der Waals surface area contributed by atoms with Crippen molar-refractivity contribution in [1.29, 1.82) is 0 Å². The number of sulfonamides is 2. The number of anilines is 1. The minimum atomic E-state index is -3.96. The molecular formula is C17H26N4O7S2. The summed E-state index contributed by atoms with van der Waals surface area (Å²) in [7, 11) is -6.12. The van der Waals surface area contributed by atoms with E-state index < -0.39 is 26.0 Å². The molecule has 1 aromatic heterocycles. The molecule has 3 heterocycles. The number of carbonyl (C=O) groups is 1. The number of pyridine rings is 1. The van der Waals surface area contributed by atoms with Crippen LogP contribution in [0.2, 0.25) is 0 Å². The third-order valence-electron chi connectivity index (χ3n) is 5.06. The number of nitrogens with zero attached hydrogens (tertiary/aromatic N) is 3. The molecule has 0 aliphatic carbocycles. The van der Waals surface area contributed by atoms with Gasteiger partial charge >= 0.3 is 5.97 Å². The van der Waals surface area contributed by atoms with Crippen LogP contribution in [0.3, 0.4) is 0 Å². The van der Waals surface area contributed by atoms with Crippen molar-refractivity contribution in [2.75, 3.05) is 58.1 Å². The molecular weight excluding hydrogens is 436 g/mol. The zero-order valence-corrected chi connectivity index (χ0v) is 18.5. The molecule has 1 N–H and O–H groups in total. The highest BCUT2D eigenvalue weighted by atomic mass is 32.2. The average Bonchev–Trinajstić information content (AvgIpc) is 2.73. The van der Waals surface area contributed by atoms with Gasteiger partial charge in [0.1, 0.15) is 10.7 Å². The highest BCUT2D eigenvalue weighted by molar-refractivity contribution is 7.89. The summed E-state index contributed by atoms with van der Waals surface area (Å²) < 4.78 is 62.9. The minimum Gasteiger partial charge on any atom is -0.465 e. The zero-order valence-electron chi connectivity index (χ0n) is 16.9. The van der Waals surface area contributed by atoms with E-state index in [2.05, 4.69) is 15.0 Å². The van der Waals surface area contributed by atoms with Crippen LogP contribution in [0.25, 0.3) is 0 Å². The van der Waals surface area contributed by atoms with E-state index in [0.29, 0.717) is 19.4 Å². The Bertz CT molecular complexity index is 991. The van der Waals surface area contributed by atoms with Crippen LogP contribution in [0.15, 0.2) is 17.2 Å². The molecule has 168 valence electrons. The Morgan fingerprint density at radius 2 is 1.90 bits per heavy atom. The number of piperidine rings is 1. The Kier molecular flexibility index (Phi) is 6.97. The Morgan fingerprint density at radius 3 is 2.53 bits per heavy atom. The van der Waals surface area contributed by atoms with Crippen LogP contribution in [-0.2, 0) is 29.5 Å². The summed E-state index contributed by atoms with van der Waals surface area (Å²) in [5.41, 5.74) is 0.0105. The number of nitrogens with one attached hydrogen (secondary N) is 1. The van der Waals surface area contributed by atoms with E-state index in [1.165, 1.54) is 28.0 Å². The van der Waals surface area contributed by atoms with Crippen LogP contribution < -0.4 is 5.32 Å². The van der Waals surface area contributed by atoms with Gasteiger partial charge < -0.3 is 14.8 Å². The van der Waals surface area contributed by atoms with Gasteiger partial charge in [-0.15, -0.1) is 0 Å². The average molecular weight is 463 g/mol. The number of carbonyl (C=O) groups excluding carboxylic acids is 1. The lowest BCUT2D eigenvalue weighted by Crippen LogP contribution is -2.45. The summed E-state index contributed by atoms with van der Waals surface area (Å²) in [6, 6.07) is 0.923. The number of methoxy groups -OCH3 is 1. The number of morpholine rings is 1. The Morgan fingerprint density at radius 1 is 1.20 bits per heavy atom. The van der Waals surface area contributed by atoms with E-state index in [1.54, 1.807) is 0 Å². The number of hydrogen-bond acceptors (Lipinski definition) is 9. The van der Waals surface area contributed by atoms with Crippen molar-refractivity contribution >= 4 is 31.8 Å². The van der Waals surface area contributed by atoms with Gasteiger partial charge in [-0.25, -0.2) is 30.9 Å². The van der Waals surface area contributed by atoms with Gasteiger partial charge in [-0.05, 0) is 18.9 Å². The van der Waals surface area contributed by atoms with Crippen LogP contribution in [0.1, 0.15) is 23.2 Å². The first-order valence-electron chi connectivity index (χ1n) is 9.51. The van der Waals surface area contributed by atoms with Gasteiger partial charge in [0.25, 0.3) is 0 Å². The van der Waals surface area contributed by atoms with Gasteiger partial charge in [0.15, 0.2) is 0 Å². The lowest BCUT2D eigenvalue weighted by molar-refractivity contribution is 0.0599. The Hall–Kier alpha value is -1.80. The summed E-state index contributed by atoms with van der Waals surface area (Å²) in [6.07, 6.45) is 3.68. The molecule has 30 heavy (non-hydrogen) atoms. The Labute approximate surface area is 176 Å². The van der Waals surface area contributed by atoms with E-state index in [9.17, 15) is 21.6 Å². The van der Waals surface area contributed by atoms with Gasteiger partial charge in [-0.1, -0.05) is 0 Å². The molecule has 0 aromatic carbocycles. The Balaban J connectivity index is 1.94. The molecule has 2 aliphatic heterocycles. The van der Waals surface area contributed by atoms with E-state index in [4.69, 9.17) is 4.74 Å². The molecule has 1 aromatic rings. The maximum absolute atomic E-state index is 13.3. The molecule has 1 atom stereocenters. The topological polar surface area (TPSA) is 135 Å². The first kappa shape index (κ1) is 22.9. The zero-order chi connectivity index (χ0) is 21.9. The summed E-state index contributed by atoms with van der Waals surface area (Å²) in [6.45, 7) is 1.56. The molecule has 0 saturated carbocycles. The molecule has 11 nitrogen and oxygen atoms in total. The summed E-state index contributed by atoms with van der Waals surface area (Å²) in [5, 5.41) is 3.07. The number of ether oxygens (including phenoxy) is 2. The molecule has 0 bridgehead atoms. The fraction of sp³-hybridized carbons (Fsp3) is 0.647. The predicted octanol–water partition coefficient (Wildman–Crippen LogP) is -0.275. The van der Waals surface area contributed by atoms with Crippen molar-refractivity contribution in [3.8, 4) is 0 Å². The lowest BCUT2D eigenvalue weighted by atomic mass is 10.1. The summed E-state index contributed by atoms with van der Waals surface area (Å²) >= 11 is 0. The van der Waals surface area contributed by atoms with Crippen LogP contribution in [-0.4, -0.2) is 95.2 Å². The van der Waals surface area contributed by atoms with Crippen molar-refractivity contribution in [1.82, 2.24) is 13.6 Å². The van der Waals surface area contributed by atoms with Crippen LogP contribution in [0.5, 0.6) is 0 Å². The molecule has 13 heteroatoms. The number of hydrogen-bond donors (Lipinski definition) is 1. The first-order valence-corrected chi connectivity index (χ1v) is 12.8. The first-order chi connectivity index (χ1) is 14.1. The largest absolute Gasteiger partial charge is 0.465 e. The van der Waals surface area contributed by atoms with Gasteiger partial charge in [-0.3, -0.25) is 0 Å². The van der Waals surface area contributed by atoms with Crippen molar-refractivity contribution in [2.45, 2.75) is 23.8 Å². The molecule has 3 rings (SSSR count).